The van der Waals surface area contributed by atoms with Crippen LogP contribution >= 0.6 is 11.3 Å². The highest BCUT2D eigenvalue weighted by Crippen LogP contribution is 2.25. The van der Waals surface area contributed by atoms with Gasteiger partial charge >= 0.3 is 5.97 Å². The van der Waals surface area contributed by atoms with Crippen molar-refractivity contribution in [2.45, 2.75) is 44.6 Å². The van der Waals surface area contributed by atoms with E-state index in [0.29, 0.717) is 19.3 Å². The molecule has 2 atom stereocenters. The second-order valence-electron chi connectivity index (χ2n) is 5.05. The Kier molecular flexibility index (Phi) is 4.96. The summed E-state index contributed by atoms with van der Waals surface area (Å²) < 4.78 is 0. The molecule has 1 heterocycles. The van der Waals surface area contributed by atoms with Gasteiger partial charge in [0.15, 0.2) is 0 Å². The van der Waals surface area contributed by atoms with Gasteiger partial charge < -0.3 is 10.4 Å². The summed E-state index contributed by atoms with van der Waals surface area (Å²) >= 11 is 1.71. The third-order valence-corrected chi connectivity index (χ3v) is 4.49. The van der Waals surface area contributed by atoms with Gasteiger partial charge in [0, 0.05) is 17.3 Å². The second-order valence-corrected chi connectivity index (χ2v) is 6.08. The van der Waals surface area contributed by atoms with Crippen molar-refractivity contribution in [2.75, 3.05) is 0 Å². The molecule has 19 heavy (non-hydrogen) atoms. The molecule has 1 saturated carbocycles. The van der Waals surface area contributed by atoms with Crippen LogP contribution in [-0.2, 0) is 16.0 Å². The largest absolute Gasteiger partial charge is 0.481 e. The molecule has 0 saturated heterocycles. The van der Waals surface area contributed by atoms with Crippen molar-refractivity contribution in [3.8, 4) is 0 Å². The maximum absolute atomic E-state index is 11.7. The number of amides is 1. The Morgan fingerprint density at radius 2 is 2.26 bits per heavy atom. The number of carbonyl (C=O) groups is 2. The molecule has 0 aliphatic heterocycles. The Morgan fingerprint density at radius 3 is 2.89 bits per heavy atom. The van der Waals surface area contributed by atoms with E-state index >= 15 is 0 Å². The first kappa shape index (κ1) is 14.1. The smallest absolute Gasteiger partial charge is 0.306 e. The van der Waals surface area contributed by atoms with Crippen LogP contribution in [0.4, 0.5) is 0 Å². The lowest BCUT2D eigenvalue weighted by Gasteiger charge is -2.12. The zero-order chi connectivity index (χ0) is 13.7. The molecule has 1 fully saturated rings. The predicted octanol–water partition coefficient (Wildman–Crippen LogP) is 2.44. The highest BCUT2D eigenvalue weighted by molar-refractivity contribution is 7.09. The number of carbonyl (C=O) groups excluding carboxylic acids is 1. The number of rotatable bonds is 6. The molecule has 2 N–H and O–H groups in total. The van der Waals surface area contributed by atoms with Crippen molar-refractivity contribution in [2.24, 2.45) is 5.92 Å². The Morgan fingerprint density at radius 1 is 1.42 bits per heavy atom. The molecule has 2 rings (SSSR count). The summed E-state index contributed by atoms with van der Waals surface area (Å²) in [5.41, 5.74) is 0. The van der Waals surface area contributed by atoms with Crippen molar-refractivity contribution in [3.05, 3.63) is 22.4 Å². The zero-order valence-electron chi connectivity index (χ0n) is 10.8. The first-order valence-corrected chi connectivity index (χ1v) is 7.57. The molecular weight excluding hydrogens is 262 g/mol. The lowest BCUT2D eigenvalue weighted by atomic mass is 10.1. The predicted molar refractivity (Wildman–Crippen MR) is 74.2 cm³/mol. The molecule has 1 amide bonds. The number of carboxylic acid groups (broad SMARTS) is 1. The summed E-state index contributed by atoms with van der Waals surface area (Å²) in [7, 11) is 0. The fourth-order valence-electron chi connectivity index (χ4n) is 2.51. The first-order valence-electron chi connectivity index (χ1n) is 6.69. The summed E-state index contributed by atoms with van der Waals surface area (Å²) in [6.45, 7) is 0. The molecule has 104 valence electrons. The number of carboxylic acids is 1. The van der Waals surface area contributed by atoms with E-state index in [9.17, 15) is 9.59 Å². The zero-order valence-corrected chi connectivity index (χ0v) is 11.6. The van der Waals surface area contributed by atoms with Crippen molar-refractivity contribution in [1.82, 2.24) is 5.32 Å². The number of aryl methyl sites for hydroxylation is 1. The van der Waals surface area contributed by atoms with Gasteiger partial charge in [-0.3, -0.25) is 9.59 Å². The molecule has 0 bridgehead atoms. The van der Waals surface area contributed by atoms with E-state index in [1.807, 2.05) is 11.4 Å². The van der Waals surface area contributed by atoms with Crippen molar-refractivity contribution in [1.29, 1.82) is 0 Å². The fraction of sp³-hybridized carbons (Fsp3) is 0.571. The number of nitrogens with one attached hydrogen (secondary N) is 1. The number of hydrogen-bond acceptors (Lipinski definition) is 3. The van der Waals surface area contributed by atoms with Crippen LogP contribution in [-0.4, -0.2) is 23.0 Å². The van der Waals surface area contributed by atoms with Gasteiger partial charge in [-0.25, -0.2) is 0 Å². The number of hydrogen-bond donors (Lipinski definition) is 2. The third-order valence-electron chi connectivity index (χ3n) is 3.55. The molecule has 0 radical (unpaired) electrons. The van der Waals surface area contributed by atoms with Crippen LogP contribution in [0.5, 0.6) is 0 Å². The van der Waals surface area contributed by atoms with Crippen LogP contribution < -0.4 is 5.32 Å². The minimum absolute atomic E-state index is 0.0487. The number of aliphatic carboxylic acids is 1. The Balaban J connectivity index is 1.63. The summed E-state index contributed by atoms with van der Waals surface area (Å²) in [6.07, 6.45) is 4.34. The molecule has 0 unspecified atom stereocenters. The van der Waals surface area contributed by atoms with Crippen molar-refractivity contribution in [3.63, 3.8) is 0 Å². The molecule has 1 aliphatic carbocycles. The maximum atomic E-state index is 11.7. The minimum Gasteiger partial charge on any atom is -0.481 e. The van der Waals surface area contributed by atoms with E-state index < -0.39 is 5.97 Å². The van der Waals surface area contributed by atoms with E-state index in [-0.39, 0.29) is 17.9 Å². The quantitative estimate of drug-likeness (QED) is 0.841. The summed E-state index contributed by atoms with van der Waals surface area (Å²) in [6, 6.07) is 4.15. The lowest BCUT2D eigenvalue weighted by molar-refractivity contribution is -0.141. The molecule has 1 aromatic rings. The molecule has 5 heteroatoms. The van der Waals surface area contributed by atoms with E-state index in [0.717, 1.165) is 19.3 Å². The molecule has 1 aromatic heterocycles. The van der Waals surface area contributed by atoms with Gasteiger partial charge in [-0.05, 0) is 43.6 Å². The highest BCUT2D eigenvalue weighted by atomic mass is 32.1. The van der Waals surface area contributed by atoms with Gasteiger partial charge in [0.25, 0.3) is 0 Å². The summed E-state index contributed by atoms with van der Waals surface area (Å²) in [4.78, 5) is 23.9. The van der Waals surface area contributed by atoms with Gasteiger partial charge in [0.05, 0.1) is 5.92 Å². The van der Waals surface area contributed by atoms with E-state index in [4.69, 9.17) is 5.11 Å². The van der Waals surface area contributed by atoms with Crippen LogP contribution in [0.3, 0.4) is 0 Å². The Hall–Kier alpha value is -1.36. The van der Waals surface area contributed by atoms with Crippen LogP contribution in [0.15, 0.2) is 17.5 Å². The molecule has 1 aliphatic rings. The van der Waals surface area contributed by atoms with E-state index in [1.165, 1.54) is 4.88 Å². The van der Waals surface area contributed by atoms with Gasteiger partial charge in [0.2, 0.25) is 5.91 Å². The SMILES string of the molecule is O=C(CCCc1cccs1)N[C@@H]1CC[C@H](C(=O)O)C1. The normalized spacial score (nSPS) is 22.3. The van der Waals surface area contributed by atoms with Gasteiger partial charge in [-0.2, -0.15) is 0 Å². The van der Waals surface area contributed by atoms with Gasteiger partial charge in [0.1, 0.15) is 0 Å². The lowest BCUT2D eigenvalue weighted by Crippen LogP contribution is -2.33. The van der Waals surface area contributed by atoms with E-state index in [1.54, 1.807) is 11.3 Å². The average Bonchev–Trinajstić information content (AvgIpc) is 3.00. The molecule has 0 aromatic carbocycles. The molecule has 0 spiro atoms. The van der Waals surface area contributed by atoms with Crippen molar-refractivity contribution >= 4 is 23.2 Å². The molecular formula is C14H19NO3S. The van der Waals surface area contributed by atoms with Crippen LogP contribution in [0, 0.1) is 5.92 Å². The van der Waals surface area contributed by atoms with Crippen molar-refractivity contribution < 1.29 is 14.7 Å². The Bertz CT molecular complexity index is 430. The highest BCUT2D eigenvalue weighted by Gasteiger charge is 2.30. The summed E-state index contributed by atoms with van der Waals surface area (Å²) in [5, 5.41) is 13.9. The van der Waals surface area contributed by atoms with Crippen LogP contribution in [0.25, 0.3) is 0 Å². The minimum atomic E-state index is -0.741. The maximum Gasteiger partial charge on any atom is 0.306 e. The van der Waals surface area contributed by atoms with Gasteiger partial charge in [-0.15, -0.1) is 11.3 Å². The number of thiophene rings is 1. The van der Waals surface area contributed by atoms with Crippen LogP contribution in [0.2, 0.25) is 0 Å². The third kappa shape index (κ3) is 4.35. The Labute approximate surface area is 116 Å². The van der Waals surface area contributed by atoms with E-state index in [2.05, 4.69) is 11.4 Å². The average molecular weight is 281 g/mol. The van der Waals surface area contributed by atoms with Crippen LogP contribution in [0.1, 0.15) is 37.0 Å². The summed E-state index contributed by atoms with van der Waals surface area (Å²) in [5.74, 6) is -0.974. The molecule has 4 nitrogen and oxygen atoms in total. The monoisotopic (exact) mass is 281 g/mol. The fourth-order valence-corrected chi connectivity index (χ4v) is 3.27. The second kappa shape index (κ2) is 6.70. The standard InChI is InChI=1S/C14H19NO3S/c16-13(5-1-3-12-4-2-8-19-12)15-11-7-6-10(9-11)14(17)18/h2,4,8,10-11H,1,3,5-7,9H2,(H,15,16)(H,17,18)/t10-,11+/m0/s1. The first-order chi connectivity index (χ1) is 9.15. The topological polar surface area (TPSA) is 66.4 Å². The van der Waals surface area contributed by atoms with Gasteiger partial charge in [-0.1, -0.05) is 6.07 Å².